The van der Waals surface area contributed by atoms with Gasteiger partial charge in [-0.05, 0) is 0 Å². The topological polar surface area (TPSA) is 88.3 Å². The second kappa shape index (κ2) is 5.62. The molecule has 0 aliphatic rings. The van der Waals surface area contributed by atoms with Crippen LogP contribution in [-0.4, -0.2) is 29.2 Å². The number of nitrogens with one attached hydrogen (secondary N) is 1. The van der Waals surface area contributed by atoms with Crippen LogP contribution in [0.15, 0.2) is 6.20 Å². The molecule has 0 saturated carbocycles. The number of H-pyrrole nitrogens is 1. The van der Waals surface area contributed by atoms with Crippen molar-refractivity contribution in [2.24, 2.45) is 5.73 Å². The Morgan fingerprint density at radius 1 is 1.55 bits per heavy atom. The Kier molecular flexibility index (Phi) is 4.25. The number of carboxylic acid groups (broad SMARTS) is 1. The number of aromatic amines is 1. The van der Waals surface area contributed by atoms with E-state index in [0.717, 1.165) is 24.7 Å². The molecule has 1 heterocycles. The molecular formula is C12H11AtF2N2O3. The minimum atomic E-state index is -1.17. The van der Waals surface area contributed by atoms with Gasteiger partial charge in [0, 0.05) is 0 Å². The van der Waals surface area contributed by atoms with Gasteiger partial charge in [-0.25, -0.2) is 0 Å². The maximum absolute atomic E-state index is 13.9. The summed E-state index contributed by atoms with van der Waals surface area (Å²) in [6.07, 6.45) is 1.49. The molecule has 0 aliphatic carbocycles. The van der Waals surface area contributed by atoms with E-state index < -0.39 is 23.6 Å². The van der Waals surface area contributed by atoms with Gasteiger partial charge in [-0.3, -0.25) is 0 Å². The van der Waals surface area contributed by atoms with Gasteiger partial charge in [0.05, 0.1) is 0 Å². The van der Waals surface area contributed by atoms with Crippen LogP contribution in [-0.2, 0) is 11.2 Å². The molecule has 4 N–H and O–H groups in total. The average molecular weight is 479 g/mol. The fourth-order valence-electron chi connectivity index (χ4n) is 1.99. The average Bonchev–Trinajstić information content (AvgIpc) is 2.81. The molecule has 0 amide bonds. The number of ether oxygens (including phenoxy) is 1. The van der Waals surface area contributed by atoms with Gasteiger partial charge in [-0.1, -0.05) is 0 Å². The molecule has 1 unspecified atom stereocenters. The number of aromatic nitrogens is 1. The minimum absolute atomic E-state index is 0.0115. The predicted molar refractivity (Wildman–Crippen MR) is 63.7 cm³/mol. The second-order valence-corrected chi connectivity index (χ2v) is 5.66. The number of fused-ring (bicyclic) bond motifs is 1. The SMILES string of the molecule is COc1c(F)c(F)c([At])c2[nH]cc(CC(N)C(=O)O)c12. The van der Waals surface area contributed by atoms with Gasteiger partial charge in [0.15, 0.2) is 0 Å². The number of carboxylic acids is 1. The fraction of sp³-hybridized carbons (Fsp3) is 0.250. The second-order valence-electron chi connectivity index (χ2n) is 4.19. The van der Waals surface area contributed by atoms with Crippen LogP contribution in [0, 0.1) is 36.4 Å². The summed E-state index contributed by atoms with van der Waals surface area (Å²) < 4.78 is 32.7. The van der Waals surface area contributed by atoms with E-state index >= 15 is 0 Å². The van der Waals surface area contributed by atoms with Crippen molar-refractivity contribution in [3.63, 3.8) is 0 Å². The summed E-state index contributed by atoms with van der Waals surface area (Å²) in [5.74, 6) is -3.46. The van der Waals surface area contributed by atoms with E-state index in [-0.39, 0.29) is 15.4 Å². The third kappa shape index (κ3) is 2.38. The zero-order valence-electron chi connectivity index (χ0n) is 10.3. The number of aliphatic carboxylic acids is 1. The van der Waals surface area contributed by atoms with E-state index in [1.165, 1.54) is 13.3 Å². The van der Waals surface area contributed by atoms with Crippen molar-refractivity contribution in [2.45, 2.75) is 12.5 Å². The summed E-state index contributed by atoms with van der Waals surface area (Å²) in [4.78, 5) is 13.6. The van der Waals surface area contributed by atoms with E-state index in [4.69, 9.17) is 15.6 Å². The molecule has 0 saturated heterocycles. The van der Waals surface area contributed by atoms with Crippen LogP contribution < -0.4 is 13.7 Å². The van der Waals surface area contributed by atoms with Crippen molar-refractivity contribution in [1.29, 1.82) is 0 Å². The van der Waals surface area contributed by atoms with Crippen LogP contribution in [0.3, 0.4) is 0 Å². The summed E-state index contributed by atoms with van der Waals surface area (Å²) >= 11 is 0.976. The van der Waals surface area contributed by atoms with Gasteiger partial charge in [-0.15, -0.1) is 0 Å². The van der Waals surface area contributed by atoms with Crippen molar-refractivity contribution >= 4 is 20.1 Å². The molecule has 2 aromatic rings. The number of hydrogen-bond acceptors (Lipinski definition) is 3. The molecule has 0 radical (unpaired) electrons. The van der Waals surface area contributed by atoms with Crippen LogP contribution in [0.2, 0.25) is 0 Å². The first kappa shape index (κ1) is 15.1. The Labute approximate surface area is 127 Å². The van der Waals surface area contributed by atoms with Crippen molar-refractivity contribution in [2.75, 3.05) is 7.11 Å². The number of nitrogens with two attached hydrogens (primary N) is 1. The molecule has 8 heteroatoms. The quantitative estimate of drug-likeness (QED) is 0.599. The molecule has 20 heavy (non-hydrogen) atoms. The molecule has 0 bridgehead atoms. The van der Waals surface area contributed by atoms with Gasteiger partial charge >= 0.3 is 128 Å². The molecule has 0 spiro atoms. The van der Waals surface area contributed by atoms with E-state index in [9.17, 15) is 13.6 Å². The third-order valence-corrected chi connectivity index (χ3v) is 4.33. The number of hydrogen-bond donors (Lipinski definition) is 3. The van der Waals surface area contributed by atoms with E-state index in [1.807, 2.05) is 0 Å². The summed E-state index contributed by atoms with van der Waals surface area (Å²) in [6.45, 7) is 0. The first-order valence-electron chi connectivity index (χ1n) is 5.57. The third-order valence-electron chi connectivity index (χ3n) is 2.95. The Morgan fingerprint density at radius 3 is 2.75 bits per heavy atom. The van der Waals surface area contributed by atoms with Gasteiger partial charge in [0.25, 0.3) is 0 Å². The molecule has 1 atom stereocenters. The normalized spacial score (nSPS) is 12.7. The number of methoxy groups -OCH3 is 1. The molecule has 5 nitrogen and oxygen atoms in total. The van der Waals surface area contributed by atoms with Gasteiger partial charge in [-0.2, -0.15) is 0 Å². The standard InChI is InChI=1S/C12H11AtF2N2O3/c1-20-11-6-4(2-5(16)12(18)19)3-17-10(6)7(13)8(14)9(11)15/h3,5,17H,2,16H2,1H3,(H,18,19). The number of halogens is 2. The van der Waals surface area contributed by atoms with Gasteiger partial charge in [0.2, 0.25) is 0 Å². The summed E-state index contributed by atoms with van der Waals surface area (Å²) in [6, 6.07) is -1.13. The maximum atomic E-state index is 13.9. The van der Waals surface area contributed by atoms with Gasteiger partial charge in [0.1, 0.15) is 0 Å². The first-order chi connectivity index (χ1) is 9.38. The van der Waals surface area contributed by atoms with Crippen molar-refractivity contribution in [3.8, 4) is 5.75 Å². The van der Waals surface area contributed by atoms with Crippen LogP contribution in [0.1, 0.15) is 5.56 Å². The predicted octanol–water partition coefficient (Wildman–Crippen LogP) is 0.584. The first-order valence-corrected chi connectivity index (χ1v) is 7.04. The van der Waals surface area contributed by atoms with Crippen molar-refractivity contribution in [3.05, 3.63) is 23.4 Å². The molecular weight excluding hydrogens is 468 g/mol. The monoisotopic (exact) mass is 479 g/mol. The Hall–Kier alpha value is -1.27. The molecule has 0 aliphatic heterocycles. The van der Waals surface area contributed by atoms with Crippen LogP contribution >= 0.6 is 0 Å². The Balaban J connectivity index is 2.67. The number of benzene rings is 1. The molecule has 1 aromatic carbocycles. The van der Waals surface area contributed by atoms with E-state index in [1.54, 1.807) is 0 Å². The molecule has 2 rings (SSSR count). The summed E-state index contributed by atoms with van der Waals surface area (Å²) in [7, 11) is 1.23. The van der Waals surface area contributed by atoms with Crippen molar-refractivity contribution in [1.82, 2.24) is 4.98 Å². The van der Waals surface area contributed by atoms with Crippen LogP contribution in [0.25, 0.3) is 10.9 Å². The molecule has 0 fully saturated rings. The Bertz CT molecular complexity index is 687. The molecule has 1 aromatic heterocycles. The van der Waals surface area contributed by atoms with Crippen LogP contribution in [0.5, 0.6) is 5.75 Å². The number of carbonyl (C=O) groups is 1. The number of rotatable bonds is 4. The Morgan fingerprint density at radius 2 is 2.20 bits per heavy atom. The zero-order chi connectivity index (χ0) is 15.0. The van der Waals surface area contributed by atoms with Gasteiger partial charge < -0.3 is 0 Å². The zero-order valence-corrected chi connectivity index (χ0v) is 13.3. The van der Waals surface area contributed by atoms with E-state index in [2.05, 4.69) is 4.98 Å². The fourth-order valence-corrected chi connectivity index (χ4v) is 2.89. The van der Waals surface area contributed by atoms with Crippen molar-refractivity contribution < 1.29 is 48.1 Å². The molecule has 108 valence electrons. The van der Waals surface area contributed by atoms with E-state index in [0.29, 0.717) is 16.5 Å². The van der Waals surface area contributed by atoms with Crippen LogP contribution in [0.4, 0.5) is 8.78 Å². The summed E-state index contributed by atoms with van der Waals surface area (Å²) in [5, 5.41) is 9.17. The summed E-state index contributed by atoms with van der Waals surface area (Å²) in [5.41, 5.74) is 6.35.